The number of hydrogen-bond acceptors (Lipinski definition) is 4. The monoisotopic (exact) mass is 404 g/mol. The van der Waals surface area contributed by atoms with E-state index in [2.05, 4.69) is 11.8 Å². The molecule has 6 heteroatoms. The van der Waals surface area contributed by atoms with Crippen molar-refractivity contribution in [1.82, 2.24) is 9.47 Å². The molecule has 5 nitrogen and oxygen atoms in total. The van der Waals surface area contributed by atoms with Crippen molar-refractivity contribution < 1.29 is 9.84 Å². The highest BCUT2D eigenvalue weighted by atomic mass is 35.5. The highest BCUT2D eigenvalue weighted by Crippen LogP contribution is 2.35. The third-order valence-corrected chi connectivity index (χ3v) is 5.90. The Hall–Kier alpha value is -1.82. The van der Waals surface area contributed by atoms with E-state index in [0.29, 0.717) is 29.7 Å². The maximum atomic E-state index is 13.4. The molecule has 0 unspecified atom stereocenters. The van der Waals surface area contributed by atoms with Crippen LogP contribution < -0.4 is 5.56 Å². The van der Waals surface area contributed by atoms with Crippen LogP contribution in [0.5, 0.6) is 5.75 Å². The Labute approximate surface area is 171 Å². The van der Waals surface area contributed by atoms with E-state index in [1.54, 1.807) is 17.7 Å². The smallest absolute Gasteiger partial charge is 0.259 e. The molecule has 0 amide bonds. The molecule has 0 bridgehead atoms. The standard InChI is InChI=1S/C22H29ClN2O3/c1-15-7-9-24(10-8-15)21(17-5-4-6-18(23)14-17)20-19(26)13-16(2)25(22(20)27)11-12-28-3/h4-6,13-15,21,26H,7-12H2,1-3H3/t21-/m1/s1. The van der Waals surface area contributed by atoms with Crippen molar-refractivity contribution >= 4 is 11.6 Å². The fourth-order valence-corrected chi connectivity index (χ4v) is 4.21. The minimum Gasteiger partial charge on any atom is -0.507 e. The molecular weight excluding hydrogens is 376 g/mol. The number of halogens is 1. The Bertz CT molecular complexity index is 873. The van der Waals surface area contributed by atoms with Gasteiger partial charge in [0.05, 0.1) is 18.2 Å². The molecule has 2 aromatic rings. The molecule has 1 N–H and O–H groups in total. The van der Waals surface area contributed by atoms with Crippen LogP contribution >= 0.6 is 11.6 Å². The lowest BCUT2D eigenvalue weighted by Crippen LogP contribution is -2.40. The van der Waals surface area contributed by atoms with Gasteiger partial charge in [-0.15, -0.1) is 0 Å². The van der Waals surface area contributed by atoms with Gasteiger partial charge in [-0.2, -0.15) is 0 Å². The van der Waals surface area contributed by atoms with Crippen LogP contribution in [-0.4, -0.2) is 41.4 Å². The predicted octanol–water partition coefficient (Wildman–Crippen LogP) is 3.98. The van der Waals surface area contributed by atoms with Crippen molar-refractivity contribution in [1.29, 1.82) is 0 Å². The predicted molar refractivity (Wildman–Crippen MR) is 112 cm³/mol. The highest BCUT2D eigenvalue weighted by molar-refractivity contribution is 6.30. The maximum Gasteiger partial charge on any atom is 0.259 e. The van der Waals surface area contributed by atoms with Crippen molar-refractivity contribution in [3.63, 3.8) is 0 Å². The van der Waals surface area contributed by atoms with Gasteiger partial charge in [-0.3, -0.25) is 9.69 Å². The van der Waals surface area contributed by atoms with Crippen LogP contribution in [0, 0.1) is 12.8 Å². The van der Waals surface area contributed by atoms with Crippen LogP contribution in [0.15, 0.2) is 35.1 Å². The van der Waals surface area contributed by atoms with Crippen LogP contribution in [0.3, 0.4) is 0 Å². The summed E-state index contributed by atoms with van der Waals surface area (Å²) in [6, 6.07) is 8.94. The molecule has 1 atom stereocenters. The van der Waals surface area contributed by atoms with E-state index in [4.69, 9.17) is 16.3 Å². The Kier molecular flexibility index (Phi) is 6.81. The lowest BCUT2D eigenvalue weighted by atomic mass is 9.92. The Morgan fingerprint density at radius 3 is 2.64 bits per heavy atom. The van der Waals surface area contributed by atoms with Crippen molar-refractivity contribution in [2.45, 2.75) is 39.3 Å². The summed E-state index contributed by atoms with van der Waals surface area (Å²) in [7, 11) is 1.62. The van der Waals surface area contributed by atoms with E-state index >= 15 is 0 Å². The van der Waals surface area contributed by atoms with Gasteiger partial charge in [-0.25, -0.2) is 0 Å². The number of rotatable bonds is 6. The second-order valence-corrected chi connectivity index (χ2v) is 8.15. The molecule has 1 aliphatic rings. The summed E-state index contributed by atoms with van der Waals surface area (Å²) in [5.41, 5.74) is 1.90. The SMILES string of the molecule is COCCn1c(C)cc(O)c([C@@H](c2cccc(Cl)c2)N2CCC(C)CC2)c1=O. The van der Waals surface area contributed by atoms with Crippen LogP contribution in [0.25, 0.3) is 0 Å². The van der Waals surface area contributed by atoms with E-state index < -0.39 is 0 Å². The van der Waals surface area contributed by atoms with E-state index in [1.807, 2.05) is 31.2 Å². The molecule has 1 saturated heterocycles. The number of hydrogen-bond donors (Lipinski definition) is 1. The van der Waals surface area contributed by atoms with Crippen LogP contribution in [0.2, 0.25) is 5.02 Å². The molecule has 152 valence electrons. The van der Waals surface area contributed by atoms with Gasteiger partial charge in [0.15, 0.2) is 0 Å². The summed E-state index contributed by atoms with van der Waals surface area (Å²) in [6.45, 7) is 6.73. The van der Waals surface area contributed by atoms with Crippen LogP contribution in [-0.2, 0) is 11.3 Å². The molecule has 1 aromatic carbocycles. The summed E-state index contributed by atoms with van der Waals surface area (Å²) < 4.78 is 6.85. The van der Waals surface area contributed by atoms with Crippen molar-refractivity contribution in [3.05, 3.63) is 62.5 Å². The Morgan fingerprint density at radius 1 is 1.29 bits per heavy atom. The first-order chi connectivity index (χ1) is 13.4. The summed E-state index contributed by atoms with van der Waals surface area (Å²) >= 11 is 6.26. The van der Waals surface area contributed by atoms with Crippen molar-refractivity contribution in [2.75, 3.05) is 26.8 Å². The lowest BCUT2D eigenvalue weighted by molar-refractivity contribution is 0.154. The maximum absolute atomic E-state index is 13.4. The fourth-order valence-electron chi connectivity index (χ4n) is 4.01. The second kappa shape index (κ2) is 9.12. The number of likely N-dealkylation sites (tertiary alicyclic amines) is 1. The number of benzene rings is 1. The molecule has 0 saturated carbocycles. The molecule has 2 heterocycles. The average Bonchev–Trinajstić information content (AvgIpc) is 2.66. The number of methoxy groups -OCH3 is 1. The third kappa shape index (κ3) is 4.43. The molecule has 0 spiro atoms. The molecule has 1 fully saturated rings. The molecule has 0 aliphatic carbocycles. The third-order valence-electron chi connectivity index (χ3n) is 5.66. The molecule has 0 radical (unpaired) electrons. The number of piperidine rings is 1. The van der Waals surface area contributed by atoms with Crippen LogP contribution in [0.4, 0.5) is 0 Å². The van der Waals surface area contributed by atoms with Gasteiger partial charge in [0.2, 0.25) is 0 Å². The molecule has 1 aromatic heterocycles. The fraction of sp³-hybridized carbons (Fsp3) is 0.500. The number of aryl methyl sites for hydroxylation is 1. The van der Waals surface area contributed by atoms with Crippen LogP contribution in [0.1, 0.15) is 42.6 Å². The van der Waals surface area contributed by atoms with E-state index in [1.165, 1.54) is 0 Å². The minimum absolute atomic E-state index is 0.0414. The van der Waals surface area contributed by atoms with Gasteiger partial charge >= 0.3 is 0 Å². The zero-order chi connectivity index (χ0) is 20.3. The van der Waals surface area contributed by atoms with Gasteiger partial charge in [-0.1, -0.05) is 30.7 Å². The van der Waals surface area contributed by atoms with Gasteiger partial charge < -0.3 is 14.4 Å². The van der Waals surface area contributed by atoms with Gasteiger partial charge in [0, 0.05) is 24.4 Å². The second-order valence-electron chi connectivity index (χ2n) is 7.71. The number of nitrogens with zero attached hydrogens (tertiary/aromatic N) is 2. The number of pyridine rings is 1. The summed E-state index contributed by atoms with van der Waals surface area (Å²) in [6.07, 6.45) is 2.14. The summed E-state index contributed by atoms with van der Waals surface area (Å²) in [5, 5.41) is 11.4. The molecule has 3 rings (SSSR count). The van der Waals surface area contributed by atoms with E-state index in [9.17, 15) is 9.90 Å². The minimum atomic E-state index is -0.326. The summed E-state index contributed by atoms with van der Waals surface area (Å²) in [4.78, 5) is 15.7. The van der Waals surface area contributed by atoms with Crippen molar-refractivity contribution in [3.8, 4) is 5.75 Å². The number of aromatic nitrogens is 1. The first-order valence-corrected chi connectivity index (χ1v) is 10.2. The average molecular weight is 405 g/mol. The quantitative estimate of drug-likeness (QED) is 0.791. The highest BCUT2D eigenvalue weighted by Gasteiger charge is 2.31. The van der Waals surface area contributed by atoms with E-state index in [-0.39, 0.29) is 17.4 Å². The van der Waals surface area contributed by atoms with Gasteiger partial charge in [0.1, 0.15) is 5.75 Å². The Morgan fingerprint density at radius 2 is 2.00 bits per heavy atom. The zero-order valence-electron chi connectivity index (χ0n) is 16.8. The normalized spacial score (nSPS) is 17.0. The first-order valence-electron chi connectivity index (χ1n) is 9.84. The van der Waals surface area contributed by atoms with E-state index in [0.717, 1.165) is 37.2 Å². The lowest BCUT2D eigenvalue weighted by Gasteiger charge is -2.37. The number of ether oxygens (including phenoxy) is 1. The van der Waals surface area contributed by atoms with Gasteiger partial charge in [0.25, 0.3) is 5.56 Å². The molecule has 1 aliphatic heterocycles. The molecule has 28 heavy (non-hydrogen) atoms. The topological polar surface area (TPSA) is 54.7 Å². The zero-order valence-corrected chi connectivity index (χ0v) is 17.6. The number of aromatic hydroxyl groups is 1. The summed E-state index contributed by atoms with van der Waals surface area (Å²) in [5.74, 6) is 0.709. The van der Waals surface area contributed by atoms with Gasteiger partial charge in [-0.05, 0) is 62.5 Å². The molecular formula is C22H29ClN2O3. The van der Waals surface area contributed by atoms with Crippen molar-refractivity contribution in [2.24, 2.45) is 5.92 Å². The Balaban J connectivity index is 2.13. The first kappa shape index (κ1) is 20.9. The largest absolute Gasteiger partial charge is 0.507 e.